The van der Waals surface area contributed by atoms with Gasteiger partial charge >= 0.3 is 5.97 Å². The minimum absolute atomic E-state index is 0.0170. The second kappa shape index (κ2) is 5.76. The molecule has 2 aliphatic heterocycles. The van der Waals surface area contributed by atoms with Gasteiger partial charge in [-0.1, -0.05) is 18.2 Å². The van der Waals surface area contributed by atoms with Crippen molar-refractivity contribution in [2.24, 2.45) is 0 Å². The van der Waals surface area contributed by atoms with Gasteiger partial charge in [-0.3, -0.25) is 9.59 Å². The van der Waals surface area contributed by atoms with Crippen LogP contribution in [0.25, 0.3) is 0 Å². The summed E-state index contributed by atoms with van der Waals surface area (Å²) in [5.41, 5.74) is 1.53. The Balaban J connectivity index is 1.63. The van der Waals surface area contributed by atoms with Gasteiger partial charge in [0.15, 0.2) is 6.10 Å². The molecule has 0 radical (unpaired) electrons. The highest BCUT2D eigenvalue weighted by molar-refractivity contribution is 6.00. The van der Waals surface area contributed by atoms with Crippen molar-refractivity contribution in [1.82, 2.24) is 9.80 Å². The van der Waals surface area contributed by atoms with Gasteiger partial charge in [0.1, 0.15) is 6.54 Å². The van der Waals surface area contributed by atoms with Crippen molar-refractivity contribution in [1.29, 1.82) is 0 Å². The van der Waals surface area contributed by atoms with Crippen LogP contribution in [-0.2, 0) is 20.9 Å². The van der Waals surface area contributed by atoms with E-state index in [1.807, 2.05) is 12.1 Å². The summed E-state index contributed by atoms with van der Waals surface area (Å²) in [6, 6.07) is 7.27. The molecule has 116 valence electrons. The fourth-order valence-corrected chi connectivity index (χ4v) is 2.73. The molecular weight excluding hydrogens is 288 g/mol. The van der Waals surface area contributed by atoms with E-state index in [4.69, 9.17) is 9.84 Å². The second-order valence-corrected chi connectivity index (χ2v) is 5.36. The summed E-state index contributed by atoms with van der Waals surface area (Å²) in [4.78, 5) is 38.4. The quantitative estimate of drug-likeness (QED) is 0.846. The SMILES string of the molecule is O=C(O)C1CN(C(=O)CN2Cc3ccccc3C2=O)CCO1. The van der Waals surface area contributed by atoms with Crippen molar-refractivity contribution in [3.05, 3.63) is 35.4 Å². The number of amides is 2. The van der Waals surface area contributed by atoms with Gasteiger partial charge in [0.25, 0.3) is 5.91 Å². The fourth-order valence-electron chi connectivity index (χ4n) is 2.73. The number of carboxylic acids is 1. The maximum absolute atomic E-state index is 12.3. The molecule has 0 spiro atoms. The van der Waals surface area contributed by atoms with Crippen LogP contribution in [0.1, 0.15) is 15.9 Å². The number of hydrogen-bond acceptors (Lipinski definition) is 4. The van der Waals surface area contributed by atoms with Crippen LogP contribution in [0.2, 0.25) is 0 Å². The van der Waals surface area contributed by atoms with Crippen molar-refractivity contribution in [3.63, 3.8) is 0 Å². The van der Waals surface area contributed by atoms with Gasteiger partial charge < -0.3 is 19.6 Å². The summed E-state index contributed by atoms with van der Waals surface area (Å²) in [6.07, 6.45) is -0.996. The topological polar surface area (TPSA) is 87.2 Å². The first-order valence-corrected chi connectivity index (χ1v) is 7.05. The number of carboxylic acid groups (broad SMARTS) is 1. The Labute approximate surface area is 127 Å². The zero-order valence-electron chi connectivity index (χ0n) is 11.9. The molecule has 7 heteroatoms. The third kappa shape index (κ3) is 2.67. The summed E-state index contributed by atoms with van der Waals surface area (Å²) < 4.78 is 5.09. The lowest BCUT2D eigenvalue weighted by molar-refractivity contribution is -0.159. The van der Waals surface area contributed by atoms with Crippen LogP contribution in [0, 0.1) is 0 Å². The monoisotopic (exact) mass is 304 g/mol. The average molecular weight is 304 g/mol. The molecule has 7 nitrogen and oxygen atoms in total. The van der Waals surface area contributed by atoms with Gasteiger partial charge in [0, 0.05) is 18.7 Å². The average Bonchev–Trinajstić information content (AvgIpc) is 2.84. The number of fused-ring (bicyclic) bond motifs is 1. The Hall–Kier alpha value is -2.41. The van der Waals surface area contributed by atoms with Crippen LogP contribution in [0.3, 0.4) is 0 Å². The maximum Gasteiger partial charge on any atom is 0.334 e. The molecule has 1 N–H and O–H groups in total. The molecule has 1 atom stereocenters. The third-order valence-electron chi connectivity index (χ3n) is 3.92. The molecule has 1 aromatic rings. The molecule has 2 amide bonds. The predicted octanol–water partition coefficient (Wildman–Crippen LogP) is -0.0456. The van der Waals surface area contributed by atoms with Crippen LogP contribution in [-0.4, -0.2) is 65.0 Å². The standard InChI is InChI=1S/C15H16N2O5/c18-13(16-5-6-22-12(8-16)15(20)21)9-17-7-10-3-1-2-4-11(10)14(17)19/h1-4,12H,5-9H2,(H,20,21). The fraction of sp³-hybridized carbons (Fsp3) is 0.400. The molecule has 1 saturated heterocycles. The Morgan fingerprint density at radius 1 is 1.32 bits per heavy atom. The molecule has 0 bridgehead atoms. The lowest BCUT2D eigenvalue weighted by Gasteiger charge is -2.32. The Bertz CT molecular complexity index is 630. The minimum atomic E-state index is -1.08. The van der Waals surface area contributed by atoms with Crippen LogP contribution < -0.4 is 0 Å². The van der Waals surface area contributed by atoms with Crippen molar-refractivity contribution in [3.8, 4) is 0 Å². The zero-order valence-corrected chi connectivity index (χ0v) is 11.9. The van der Waals surface area contributed by atoms with Crippen molar-refractivity contribution < 1.29 is 24.2 Å². The highest BCUT2D eigenvalue weighted by Crippen LogP contribution is 2.22. The Morgan fingerprint density at radius 3 is 2.82 bits per heavy atom. The predicted molar refractivity (Wildman–Crippen MR) is 75.1 cm³/mol. The van der Waals surface area contributed by atoms with E-state index in [2.05, 4.69) is 0 Å². The molecule has 3 rings (SSSR count). The number of benzene rings is 1. The van der Waals surface area contributed by atoms with E-state index in [0.29, 0.717) is 18.7 Å². The van der Waals surface area contributed by atoms with Crippen LogP contribution >= 0.6 is 0 Å². The molecule has 1 fully saturated rings. The molecule has 1 aromatic carbocycles. The summed E-state index contributed by atoms with van der Waals surface area (Å²) in [5.74, 6) is -1.50. The number of morpholine rings is 1. The first-order chi connectivity index (χ1) is 10.6. The molecule has 0 aromatic heterocycles. The van der Waals surface area contributed by atoms with E-state index in [0.717, 1.165) is 5.56 Å². The van der Waals surface area contributed by atoms with Gasteiger partial charge in [0.2, 0.25) is 5.91 Å². The van der Waals surface area contributed by atoms with E-state index < -0.39 is 12.1 Å². The first kappa shape index (κ1) is 14.5. The summed E-state index contributed by atoms with van der Waals surface area (Å²) >= 11 is 0. The molecule has 2 heterocycles. The van der Waals surface area contributed by atoms with Gasteiger partial charge in [-0.05, 0) is 11.6 Å². The van der Waals surface area contributed by atoms with E-state index in [9.17, 15) is 14.4 Å². The van der Waals surface area contributed by atoms with Gasteiger partial charge in [-0.25, -0.2) is 4.79 Å². The third-order valence-corrected chi connectivity index (χ3v) is 3.92. The molecule has 1 unspecified atom stereocenters. The number of carbonyl (C=O) groups excluding carboxylic acids is 2. The molecule has 22 heavy (non-hydrogen) atoms. The number of aliphatic carboxylic acids is 1. The number of rotatable bonds is 3. The van der Waals surface area contributed by atoms with E-state index in [1.165, 1.54) is 9.80 Å². The molecule has 0 saturated carbocycles. The molecule has 2 aliphatic rings. The number of hydrogen-bond donors (Lipinski definition) is 1. The van der Waals surface area contributed by atoms with E-state index in [1.54, 1.807) is 12.1 Å². The lowest BCUT2D eigenvalue weighted by atomic mass is 10.1. The van der Waals surface area contributed by atoms with Crippen LogP contribution in [0.4, 0.5) is 0 Å². The van der Waals surface area contributed by atoms with E-state index >= 15 is 0 Å². The normalized spacial score (nSPS) is 20.9. The van der Waals surface area contributed by atoms with E-state index in [-0.39, 0.29) is 31.5 Å². The maximum atomic E-state index is 12.3. The number of ether oxygens (including phenoxy) is 1. The smallest absolute Gasteiger partial charge is 0.334 e. The zero-order chi connectivity index (χ0) is 15.7. The van der Waals surface area contributed by atoms with Crippen LogP contribution in [0.5, 0.6) is 0 Å². The molecular formula is C15H16N2O5. The lowest BCUT2D eigenvalue weighted by Crippen LogP contribution is -2.51. The highest BCUT2D eigenvalue weighted by Gasteiger charge is 2.33. The number of nitrogens with zero attached hydrogens (tertiary/aromatic N) is 2. The summed E-state index contributed by atoms with van der Waals surface area (Å²) in [6.45, 7) is 0.922. The van der Waals surface area contributed by atoms with Crippen molar-refractivity contribution >= 4 is 17.8 Å². The number of carbonyl (C=O) groups is 3. The Morgan fingerprint density at radius 2 is 2.09 bits per heavy atom. The largest absolute Gasteiger partial charge is 0.479 e. The summed E-state index contributed by atoms with van der Waals surface area (Å²) in [5, 5.41) is 8.95. The Kier molecular flexibility index (Phi) is 3.81. The first-order valence-electron chi connectivity index (χ1n) is 7.05. The summed E-state index contributed by atoms with van der Waals surface area (Å²) in [7, 11) is 0. The van der Waals surface area contributed by atoms with Gasteiger partial charge in [-0.15, -0.1) is 0 Å². The van der Waals surface area contributed by atoms with Crippen molar-refractivity contribution in [2.75, 3.05) is 26.2 Å². The van der Waals surface area contributed by atoms with Gasteiger partial charge in [0.05, 0.1) is 13.2 Å². The molecule has 0 aliphatic carbocycles. The highest BCUT2D eigenvalue weighted by atomic mass is 16.5. The van der Waals surface area contributed by atoms with Gasteiger partial charge in [-0.2, -0.15) is 0 Å². The van der Waals surface area contributed by atoms with Crippen LogP contribution in [0.15, 0.2) is 24.3 Å². The minimum Gasteiger partial charge on any atom is -0.479 e. The second-order valence-electron chi connectivity index (χ2n) is 5.36. The van der Waals surface area contributed by atoms with Crippen molar-refractivity contribution in [2.45, 2.75) is 12.6 Å².